The van der Waals surface area contributed by atoms with Crippen molar-refractivity contribution < 1.29 is 9.53 Å². The maximum atomic E-state index is 12.0. The lowest BCUT2D eigenvalue weighted by molar-refractivity contribution is -0.149. The molecule has 0 aliphatic carbocycles. The lowest BCUT2D eigenvalue weighted by atomic mass is 9.84. The minimum Gasteiger partial charge on any atom is -0.459 e. The fraction of sp³-hybridized carbons (Fsp3) is 0.450. The number of hydrogen-bond donors (Lipinski definition) is 0. The molecule has 0 aliphatic rings. The minimum atomic E-state index is -0.279. The molecule has 0 amide bonds. The summed E-state index contributed by atoms with van der Waals surface area (Å²) in [5.41, 5.74) is 1.06. The van der Waals surface area contributed by atoms with Gasteiger partial charge in [0.25, 0.3) is 0 Å². The molecule has 1 unspecified atom stereocenters. The fourth-order valence-corrected chi connectivity index (χ4v) is 2.05. The Morgan fingerprint density at radius 1 is 1.14 bits per heavy atom. The van der Waals surface area contributed by atoms with Crippen LogP contribution in [0.4, 0.5) is 0 Å². The molecular weight excluding hydrogens is 272 g/mol. The zero-order chi connectivity index (χ0) is 16.6. The van der Waals surface area contributed by atoms with Crippen LogP contribution in [-0.2, 0) is 9.53 Å². The Labute approximate surface area is 134 Å². The van der Waals surface area contributed by atoms with Gasteiger partial charge in [-0.1, -0.05) is 83.2 Å². The Hall–Kier alpha value is -1.83. The molecule has 120 valence electrons. The molecule has 0 heterocycles. The zero-order valence-electron chi connectivity index (χ0n) is 14.4. The third-order valence-electron chi connectivity index (χ3n) is 3.34. The van der Waals surface area contributed by atoms with Crippen molar-refractivity contribution >= 4 is 12.0 Å². The molecule has 0 radical (unpaired) electrons. The molecule has 2 nitrogen and oxygen atoms in total. The van der Waals surface area contributed by atoms with Crippen LogP contribution in [0.5, 0.6) is 0 Å². The highest BCUT2D eigenvalue weighted by atomic mass is 16.5. The number of carbonyl (C=O) groups excluding carboxylic acids is 1. The van der Waals surface area contributed by atoms with Gasteiger partial charge in [0.05, 0.1) is 0 Å². The molecule has 1 aromatic rings. The average Bonchev–Trinajstić information content (AvgIpc) is 2.42. The van der Waals surface area contributed by atoms with Crippen LogP contribution in [0.2, 0.25) is 0 Å². The average molecular weight is 300 g/mol. The van der Waals surface area contributed by atoms with Gasteiger partial charge < -0.3 is 4.74 Å². The summed E-state index contributed by atoms with van der Waals surface area (Å²) in [6, 6.07) is 9.97. The van der Waals surface area contributed by atoms with E-state index in [0.29, 0.717) is 5.92 Å². The van der Waals surface area contributed by atoms with Crippen molar-refractivity contribution in [2.24, 2.45) is 11.3 Å². The van der Waals surface area contributed by atoms with Gasteiger partial charge in [0.15, 0.2) is 0 Å². The van der Waals surface area contributed by atoms with E-state index in [4.69, 9.17) is 4.74 Å². The van der Waals surface area contributed by atoms with E-state index >= 15 is 0 Å². The summed E-state index contributed by atoms with van der Waals surface area (Å²) in [5, 5.41) is 0. The summed E-state index contributed by atoms with van der Waals surface area (Å²) in [6.07, 6.45) is 7.83. The van der Waals surface area contributed by atoms with Gasteiger partial charge in [-0.2, -0.15) is 0 Å². The van der Waals surface area contributed by atoms with Crippen LogP contribution in [0.1, 0.15) is 46.6 Å². The SMILES string of the molecule is CC(C)CC(OC(=O)C=CC=Cc1ccccc1)C(C)(C)C. The number of ether oxygens (including phenoxy) is 1. The molecule has 0 aromatic heterocycles. The topological polar surface area (TPSA) is 26.3 Å². The van der Waals surface area contributed by atoms with Crippen molar-refractivity contribution in [3.63, 3.8) is 0 Å². The smallest absolute Gasteiger partial charge is 0.331 e. The maximum Gasteiger partial charge on any atom is 0.331 e. The van der Waals surface area contributed by atoms with E-state index < -0.39 is 0 Å². The van der Waals surface area contributed by atoms with Crippen LogP contribution in [0.25, 0.3) is 6.08 Å². The van der Waals surface area contributed by atoms with Crippen molar-refractivity contribution in [1.82, 2.24) is 0 Å². The number of benzene rings is 1. The van der Waals surface area contributed by atoms with Crippen LogP contribution in [0.3, 0.4) is 0 Å². The maximum absolute atomic E-state index is 12.0. The van der Waals surface area contributed by atoms with Crippen molar-refractivity contribution in [2.45, 2.75) is 47.1 Å². The van der Waals surface area contributed by atoms with E-state index in [1.165, 1.54) is 6.08 Å². The first-order valence-electron chi connectivity index (χ1n) is 7.89. The summed E-state index contributed by atoms with van der Waals surface area (Å²) in [7, 11) is 0. The number of carbonyl (C=O) groups is 1. The Balaban J connectivity index is 2.56. The lowest BCUT2D eigenvalue weighted by Crippen LogP contribution is -2.32. The Kier molecular flexibility index (Phi) is 7.10. The van der Waals surface area contributed by atoms with Crippen molar-refractivity contribution in [3.8, 4) is 0 Å². The van der Waals surface area contributed by atoms with E-state index in [1.807, 2.05) is 42.5 Å². The molecule has 1 rings (SSSR count). The molecule has 1 atom stereocenters. The lowest BCUT2D eigenvalue weighted by Gasteiger charge is -2.31. The molecule has 1 aromatic carbocycles. The summed E-state index contributed by atoms with van der Waals surface area (Å²) < 4.78 is 5.62. The fourth-order valence-electron chi connectivity index (χ4n) is 2.05. The van der Waals surface area contributed by atoms with Crippen LogP contribution in [0.15, 0.2) is 48.6 Å². The van der Waals surface area contributed by atoms with E-state index in [1.54, 1.807) is 6.08 Å². The van der Waals surface area contributed by atoms with Gasteiger partial charge in [-0.25, -0.2) is 4.79 Å². The van der Waals surface area contributed by atoms with E-state index in [2.05, 4.69) is 34.6 Å². The highest BCUT2D eigenvalue weighted by Gasteiger charge is 2.28. The predicted molar refractivity (Wildman–Crippen MR) is 93.4 cm³/mol. The Morgan fingerprint density at radius 3 is 2.32 bits per heavy atom. The first kappa shape index (κ1) is 18.2. The highest BCUT2D eigenvalue weighted by molar-refractivity contribution is 5.82. The monoisotopic (exact) mass is 300 g/mol. The molecule has 2 heteroatoms. The number of allylic oxidation sites excluding steroid dienone is 2. The largest absolute Gasteiger partial charge is 0.459 e. The zero-order valence-corrected chi connectivity index (χ0v) is 14.4. The second-order valence-corrected chi connectivity index (χ2v) is 7.05. The van der Waals surface area contributed by atoms with E-state index in [-0.39, 0.29) is 17.5 Å². The number of esters is 1. The molecule has 0 N–H and O–H groups in total. The normalized spacial score (nSPS) is 13.9. The van der Waals surface area contributed by atoms with Crippen LogP contribution < -0.4 is 0 Å². The predicted octanol–water partition coefficient (Wildman–Crippen LogP) is 5.26. The van der Waals surface area contributed by atoms with Gasteiger partial charge in [-0.05, 0) is 23.3 Å². The Bertz CT molecular complexity index is 504. The van der Waals surface area contributed by atoms with E-state index in [9.17, 15) is 4.79 Å². The van der Waals surface area contributed by atoms with Gasteiger partial charge in [-0.3, -0.25) is 0 Å². The molecule has 0 saturated carbocycles. The highest BCUT2D eigenvalue weighted by Crippen LogP contribution is 2.27. The van der Waals surface area contributed by atoms with Crippen molar-refractivity contribution in [1.29, 1.82) is 0 Å². The minimum absolute atomic E-state index is 0.0480. The summed E-state index contributed by atoms with van der Waals surface area (Å²) in [6.45, 7) is 10.6. The molecule has 0 fully saturated rings. The van der Waals surface area contributed by atoms with Gasteiger partial charge in [0, 0.05) is 6.08 Å². The second kappa shape index (κ2) is 8.57. The van der Waals surface area contributed by atoms with Gasteiger partial charge in [-0.15, -0.1) is 0 Å². The van der Waals surface area contributed by atoms with Crippen LogP contribution in [-0.4, -0.2) is 12.1 Å². The molecular formula is C20H28O2. The quantitative estimate of drug-likeness (QED) is 0.407. The number of hydrogen-bond acceptors (Lipinski definition) is 2. The molecule has 0 saturated heterocycles. The summed E-state index contributed by atoms with van der Waals surface area (Å²) in [5.74, 6) is 0.220. The second-order valence-electron chi connectivity index (χ2n) is 7.05. The van der Waals surface area contributed by atoms with Crippen molar-refractivity contribution in [2.75, 3.05) is 0 Å². The first-order valence-corrected chi connectivity index (χ1v) is 7.89. The number of rotatable bonds is 6. The Morgan fingerprint density at radius 2 is 1.77 bits per heavy atom. The van der Waals surface area contributed by atoms with Gasteiger partial charge in [0.2, 0.25) is 0 Å². The van der Waals surface area contributed by atoms with Crippen LogP contribution >= 0.6 is 0 Å². The van der Waals surface area contributed by atoms with E-state index in [0.717, 1.165) is 12.0 Å². The molecule has 22 heavy (non-hydrogen) atoms. The van der Waals surface area contributed by atoms with Gasteiger partial charge in [0.1, 0.15) is 6.10 Å². The standard InChI is InChI=1S/C20H28O2/c1-16(2)15-18(20(3,4)5)22-19(21)14-10-9-13-17-11-7-6-8-12-17/h6-14,16,18H,15H2,1-5H3. The third kappa shape index (κ3) is 7.26. The van der Waals surface area contributed by atoms with Crippen molar-refractivity contribution in [3.05, 3.63) is 54.1 Å². The van der Waals surface area contributed by atoms with Crippen LogP contribution in [0, 0.1) is 11.3 Å². The third-order valence-corrected chi connectivity index (χ3v) is 3.34. The summed E-state index contributed by atoms with van der Waals surface area (Å²) in [4.78, 5) is 12.0. The first-order chi connectivity index (χ1) is 10.3. The van der Waals surface area contributed by atoms with Gasteiger partial charge >= 0.3 is 5.97 Å². The molecule has 0 aliphatic heterocycles. The summed E-state index contributed by atoms with van der Waals surface area (Å²) >= 11 is 0. The molecule has 0 spiro atoms. The molecule has 0 bridgehead atoms.